The lowest BCUT2D eigenvalue weighted by molar-refractivity contribution is -0.385. The predicted octanol–water partition coefficient (Wildman–Crippen LogP) is 1.54. The van der Waals surface area contributed by atoms with Crippen molar-refractivity contribution < 1.29 is 29.1 Å². The third-order valence-electron chi connectivity index (χ3n) is 4.15. The summed E-state index contributed by atoms with van der Waals surface area (Å²) in [6.45, 7) is 2.68. The maximum atomic E-state index is 12.6. The molecule has 1 aliphatic heterocycles. The van der Waals surface area contributed by atoms with Gasteiger partial charge in [0.2, 0.25) is 0 Å². The Kier molecular flexibility index (Phi) is 6.30. The monoisotopic (exact) mass is 376 g/mol. The van der Waals surface area contributed by atoms with Gasteiger partial charge in [-0.05, 0) is 13.8 Å². The van der Waals surface area contributed by atoms with E-state index in [1.54, 1.807) is 19.9 Å². The number of nitro groups is 1. The van der Waals surface area contributed by atoms with E-state index in [4.69, 9.17) is 9.47 Å². The zero-order valence-electron chi connectivity index (χ0n) is 15.1. The summed E-state index contributed by atoms with van der Waals surface area (Å²) in [7, 11) is 1.17. The van der Waals surface area contributed by atoms with Crippen LogP contribution in [0, 0.1) is 10.1 Å². The lowest BCUT2D eigenvalue weighted by atomic mass is 9.79. The Balaban J connectivity index is 2.82. The number of nitro benzene ring substituents is 1. The number of methoxy groups -OCH3 is 1. The summed E-state index contributed by atoms with van der Waals surface area (Å²) < 4.78 is 9.90. The van der Waals surface area contributed by atoms with Crippen LogP contribution in [0.4, 0.5) is 5.69 Å². The maximum absolute atomic E-state index is 12.6. The molecule has 144 valence electrons. The van der Waals surface area contributed by atoms with Gasteiger partial charge in [0.1, 0.15) is 0 Å². The molecule has 0 aliphatic carbocycles. The van der Waals surface area contributed by atoms with Crippen molar-refractivity contribution in [3.8, 4) is 0 Å². The normalized spacial score (nSPS) is 16.7. The number of carbonyl (C=O) groups excluding carboxylic acids is 2. The Morgan fingerprint density at radius 3 is 2.48 bits per heavy atom. The number of dihydropyridines is 1. The van der Waals surface area contributed by atoms with Crippen molar-refractivity contribution in [1.29, 1.82) is 0 Å². The third kappa shape index (κ3) is 3.82. The highest BCUT2D eigenvalue weighted by atomic mass is 16.6. The summed E-state index contributed by atoms with van der Waals surface area (Å²) in [5.41, 5.74) is 0.256. The minimum absolute atomic E-state index is 0.0343. The van der Waals surface area contributed by atoms with Crippen LogP contribution >= 0.6 is 0 Å². The standard InChI is InChI=1S/C18H20N2O7/c1-4-27-18(23)16-12(9-21)19-10(2)14(17(22)26-3)15(16)11-7-5-6-8-13(11)20(24)25/h5-8,15,19,21H,4,9H2,1-3H3. The number of benzene rings is 1. The molecule has 1 atom stereocenters. The van der Waals surface area contributed by atoms with E-state index in [0.717, 1.165) is 0 Å². The first-order valence-corrected chi connectivity index (χ1v) is 8.17. The van der Waals surface area contributed by atoms with Gasteiger partial charge in [-0.3, -0.25) is 10.1 Å². The molecule has 0 aromatic heterocycles. The number of aliphatic hydroxyl groups is 1. The molecule has 2 N–H and O–H groups in total. The van der Waals surface area contributed by atoms with E-state index >= 15 is 0 Å². The van der Waals surface area contributed by atoms with E-state index in [0.29, 0.717) is 5.70 Å². The lowest BCUT2D eigenvalue weighted by Crippen LogP contribution is -2.34. The molecule has 9 heteroatoms. The second-order valence-electron chi connectivity index (χ2n) is 5.68. The van der Waals surface area contributed by atoms with Crippen molar-refractivity contribution in [2.24, 2.45) is 0 Å². The summed E-state index contributed by atoms with van der Waals surface area (Å²) in [5.74, 6) is -2.66. The number of nitrogens with one attached hydrogen (secondary N) is 1. The summed E-state index contributed by atoms with van der Waals surface area (Å²) in [4.78, 5) is 36.0. The number of para-hydroxylation sites is 1. The average Bonchev–Trinajstić information content (AvgIpc) is 2.66. The highest BCUT2D eigenvalue weighted by Crippen LogP contribution is 2.42. The number of aliphatic hydroxyl groups excluding tert-OH is 1. The van der Waals surface area contributed by atoms with Gasteiger partial charge < -0.3 is 19.9 Å². The highest BCUT2D eigenvalue weighted by molar-refractivity contribution is 6.00. The molecule has 1 aliphatic rings. The Morgan fingerprint density at radius 1 is 1.26 bits per heavy atom. The van der Waals surface area contributed by atoms with Crippen molar-refractivity contribution in [2.75, 3.05) is 20.3 Å². The SMILES string of the molecule is CCOC(=O)C1=C(CO)NC(C)=C(C(=O)OC)C1c1ccccc1[N+](=O)[O-]. The van der Waals surface area contributed by atoms with Gasteiger partial charge in [0.05, 0.1) is 48.0 Å². The van der Waals surface area contributed by atoms with Crippen molar-refractivity contribution in [2.45, 2.75) is 19.8 Å². The zero-order chi connectivity index (χ0) is 20.1. The van der Waals surface area contributed by atoms with Crippen LogP contribution in [0.5, 0.6) is 0 Å². The number of esters is 2. The van der Waals surface area contributed by atoms with Gasteiger partial charge >= 0.3 is 11.9 Å². The van der Waals surface area contributed by atoms with Crippen LogP contribution in [-0.2, 0) is 19.1 Å². The molecule has 0 spiro atoms. The summed E-state index contributed by atoms with van der Waals surface area (Å²) in [6.07, 6.45) is 0. The van der Waals surface area contributed by atoms with Gasteiger partial charge in [-0.1, -0.05) is 18.2 Å². The Hall–Kier alpha value is -3.20. The molecule has 0 saturated carbocycles. The van der Waals surface area contributed by atoms with E-state index in [-0.39, 0.29) is 34.7 Å². The second kappa shape index (κ2) is 8.45. The van der Waals surface area contributed by atoms with Gasteiger partial charge in [-0.15, -0.1) is 0 Å². The number of allylic oxidation sites excluding steroid dienone is 1. The molecular formula is C18H20N2O7. The molecule has 0 fully saturated rings. The Bertz CT molecular complexity index is 842. The van der Waals surface area contributed by atoms with Gasteiger partial charge in [0.15, 0.2) is 0 Å². The van der Waals surface area contributed by atoms with Crippen molar-refractivity contribution in [3.05, 3.63) is 62.5 Å². The smallest absolute Gasteiger partial charge is 0.336 e. The largest absolute Gasteiger partial charge is 0.466 e. The fourth-order valence-corrected chi connectivity index (χ4v) is 3.06. The van der Waals surface area contributed by atoms with Gasteiger partial charge in [-0.2, -0.15) is 0 Å². The van der Waals surface area contributed by atoms with Crippen LogP contribution in [0.25, 0.3) is 0 Å². The first-order valence-electron chi connectivity index (χ1n) is 8.17. The quantitative estimate of drug-likeness (QED) is 0.435. The molecule has 1 aromatic carbocycles. The van der Waals surface area contributed by atoms with E-state index in [1.807, 2.05) is 0 Å². The number of rotatable bonds is 6. The molecule has 1 aromatic rings. The Labute approximate surface area is 155 Å². The van der Waals surface area contributed by atoms with E-state index < -0.39 is 29.4 Å². The summed E-state index contributed by atoms with van der Waals surface area (Å²) >= 11 is 0. The molecule has 1 unspecified atom stereocenters. The first-order chi connectivity index (χ1) is 12.9. The van der Waals surface area contributed by atoms with E-state index in [2.05, 4.69) is 5.32 Å². The molecule has 0 amide bonds. The third-order valence-corrected chi connectivity index (χ3v) is 4.15. The number of ether oxygens (including phenoxy) is 2. The molecule has 27 heavy (non-hydrogen) atoms. The Morgan fingerprint density at radius 2 is 1.93 bits per heavy atom. The number of hydrogen-bond donors (Lipinski definition) is 2. The topological polar surface area (TPSA) is 128 Å². The molecule has 1 heterocycles. The second-order valence-corrected chi connectivity index (χ2v) is 5.68. The fraction of sp³-hybridized carbons (Fsp3) is 0.333. The lowest BCUT2D eigenvalue weighted by Gasteiger charge is -2.30. The van der Waals surface area contributed by atoms with Gasteiger partial charge in [0, 0.05) is 17.3 Å². The van der Waals surface area contributed by atoms with Crippen LogP contribution in [0.2, 0.25) is 0 Å². The number of carbonyl (C=O) groups is 2. The minimum atomic E-state index is -1.12. The van der Waals surface area contributed by atoms with Crippen LogP contribution in [0.3, 0.4) is 0 Å². The van der Waals surface area contributed by atoms with Crippen molar-refractivity contribution >= 4 is 17.6 Å². The van der Waals surface area contributed by atoms with Crippen molar-refractivity contribution in [3.63, 3.8) is 0 Å². The zero-order valence-corrected chi connectivity index (χ0v) is 15.1. The summed E-state index contributed by atoms with van der Waals surface area (Å²) in [6, 6.07) is 5.79. The van der Waals surface area contributed by atoms with Crippen LogP contribution in [-0.4, -0.2) is 42.3 Å². The van der Waals surface area contributed by atoms with Crippen LogP contribution in [0.15, 0.2) is 46.8 Å². The van der Waals surface area contributed by atoms with Gasteiger partial charge in [-0.25, -0.2) is 9.59 Å². The number of hydrogen-bond acceptors (Lipinski definition) is 8. The van der Waals surface area contributed by atoms with Crippen LogP contribution < -0.4 is 5.32 Å². The van der Waals surface area contributed by atoms with Gasteiger partial charge in [0.25, 0.3) is 5.69 Å². The molecular weight excluding hydrogens is 356 g/mol. The first kappa shape index (κ1) is 20.1. The number of nitrogens with zero attached hydrogens (tertiary/aromatic N) is 1. The average molecular weight is 376 g/mol. The molecule has 9 nitrogen and oxygen atoms in total. The molecule has 0 bridgehead atoms. The predicted molar refractivity (Wildman–Crippen MR) is 94.4 cm³/mol. The minimum Gasteiger partial charge on any atom is -0.466 e. The molecule has 0 radical (unpaired) electrons. The van der Waals surface area contributed by atoms with E-state index in [1.165, 1.54) is 25.3 Å². The fourth-order valence-electron chi connectivity index (χ4n) is 3.06. The van der Waals surface area contributed by atoms with Crippen LogP contribution in [0.1, 0.15) is 25.3 Å². The highest BCUT2D eigenvalue weighted by Gasteiger charge is 2.41. The van der Waals surface area contributed by atoms with Crippen molar-refractivity contribution in [1.82, 2.24) is 5.32 Å². The summed E-state index contributed by atoms with van der Waals surface area (Å²) in [5, 5.41) is 24.0. The molecule has 0 saturated heterocycles. The molecule has 2 rings (SSSR count). The maximum Gasteiger partial charge on any atom is 0.336 e. The van der Waals surface area contributed by atoms with E-state index in [9.17, 15) is 24.8 Å².